The van der Waals surface area contributed by atoms with E-state index in [1.807, 2.05) is 18.4 Å². The summed E-state index contributed by atoms with van der Waals surface area (Å²) in [5.74, 6) is -0.0991. The predicted octanol–water partition coefficient (Wildman–Crippen LogP) is 2.93. The lowest BCUT2D eigenvalue weighted by atomic mass is 9.64. The molecular weight excluding hydrogens is 209 g/mol. The van der Waals surface area contributed by atoms with Crippen LogP contribution in [0.3, 0.4) is 0 Å². The molecule has 1 aromatic carbocycles. The molecule has 0 bridgehead atoms. The summed E-state index contributed by atoms with van der Waals surface area (Å²) < 4.78 is 13.7. The molecule has 0 aliphatic heterocycles. The van der Waals surface area contributed by atoms with E-state index in [1.54, 1.807) is 17.8 Å². The highest BCUT2D eigenvalue weighted by atomic mass is 32.2. The van der Waals surface area contributed by atoms with Gasteiger partial charge in [-0.25, -0.2) is 4.39 Å². The molecule has 0 unspecified atom stereocenters. The third kappa shape index (κ3) is 1.79. The van der Waals surface area contributed by atoms with Gasteiger partial charge in [-0.05, 0) is 42.9 Å². The van der Waals surface area contributed by atoms with Crippen LogP contribution in [0, 0.1) is 5.82 Å². The van der Waals surface area contributed by atoms with Gasteiger partial charge in [0, 0.05) is 16.9 Å². The Kier molecular flexibility index (Phi) is 3.03. The summed E-state index contributed by atoms with van der Waals surface area (Å²) in [6, 6.07) is 5.36. The van der Waals surface area contributed by atoms with Gasteiger partial charge in [0.05, 0.1) is 0 Å². The zero-order chi connectivity index (χ0) is 10.9. The molecule has 1 aliphatic rings. The van der Waals surface area contributed by atoms with Crippen molar-refractivity contribution in [1.82, 2.24) is 0 Å². The second-order valence-electron chi connectivity index (χ2n) is 4.18. The van der Waals surface area contributed by atoms with Crippen molar-refractivity contribution in [3.8, 4) is 0 Å². The van der Waals surface area contributed by atoms with E-state index in [0.717, 1.165) is 23.3 Å². The number of halogens is 1. The molecule has 0 amide bonds. The summed E-state index contributed by atoms with van der Waals surface area (Å²) in [7, 11) is 0. The summed E-state index contributed by atoms with van der Waals surface area (Å²) in [4.78, 5) is 1.12. The smallest absolute Gasteiger partial charge is 0.127 e. The highest BCUT2D eigenvalue weighted by molar-refractivity contribution is 7.98. The van der Waals surface area contributed by atoms with Gasteiger partial charge in [0.1, 0.15) is 5.82 Å². The van der Waals surface area contributed by atoms with Crippen LogP contribution in [0.4, 0.5) is 4.39 Å². The maximum atomic E-state index is 13.7. The number of nitrogens with two attached hydrogens (primary N) is 1. The van der Waals surface area contributed by atoms with Crippen LogP contribution in [0.1, 0.15) is 24.8 Å². The van der Waals surface area contributed by atoms with Crippen LogP contribution in [0.25, 0.3) is 0 Å². The Morgan fingerprint density at radius 1 is 1.47 bits per heavy atom. The Labute approximate surface area is 94.2 Å². The summed E-state index contributed by atoms with van der Waals surface area (Å²) in [5.41, 5.74) is 6.54. The fraction of sp³-hybridized carbons (Fsp3) is 0.500. The van der Waals surface area contributed by atoms with Crippen molar-refractivity contribution < 1.29 is 4.39 Å². The number of thioether (sulfide) groups is 1. The van der Waals surface area contributed by atoms with Crippen molar-refractivity contribution in [2.45, 2.75) is 29.6 Å². The molecule has 0 aromatic heterocycles. The fourth-order valence-electron chi connectivity index (χ4n) is 2.22. The van der Waals surface area contributed by atoms with E-state index in [2.05, 4.69) is 0 Å². The van der Waals surface area contributed by atoms with E-state index in [0.29, 0.717) is 6.54 Å². The quantitative estimate of drug-likeness (QED) is 0.800. The molecule has 0 saturated heterocycles. The number of hydrogen-bond donors (Lipinski definition) is 1. The molecule has 82 valence electrons. The molecule has 0 radical (unpaired) electrons. The lowest BCUT2D eigenvalue weighted by molar-refractivity contribution is 0.244. The first kappa shape index (κ1) is 11.0. The molecule has 0 heterocycles. The molecule has 1 nitrogen and oxygen atoms in total. The van der Waals surface area contributed by atoms with Crippen LogP contribution in [0.15, 0.2) is 23.1 Å². The summed E-state index contributed by atoms with van der Waals surface area (Å²) in [6.45, 7) is 0.557. The van der Waals surface area contributed by atoms with E-state index < -0.39 is 0 Å². The largest absolute Gasteiger partial charge is 0.330 e. The average Bonchev–Trinajstić information content (AvgIpc) is 2.20. The van der Waals surface area contributed by atoms with Crippen LogP contribution in [-0.2, 0) is 5.41 Å². The zero-order valence-electron chi connectivity index (χ0n) is 8.92. The molecule has 1 fully saturated rings. The van der Waals surface area contributed by atoms with Gasteiger partial charge < -0.3 is 5.73 Å². The Morgan fingerprint density at radius 3 is 2.67 bits per heavy atom. The van der Waals surface area contributed by atoms with Crippen molar-refractivity contribution >= 4 is 11.8 Å². The second-order valence-corrected chi connectivity index (χ2v) is 5.06. The molecule has 1 aliphatic carbocycles. The third-order valence-corrected chi connectivity index (χ3v) is 4.17. The van der Waals surface area contributed by atoms with E-state index >= 15 is 0 Å². The maximum absolute atomic E-state index is 13.7. The number of hydrogen-bond acceptors (Lipinski definition) is 2. The molecule has 2 N–H and O–H groups in total. The molecule has 0 atom stereocenters. The van der Waals surface area contributed by atoms with Crippen LogP contribution >= 0.6 is 11.8 Å². The van der Waals surface area contributed by atoms with Crippen LogP contribution in [0.2, 0.25) is 0 Å². The fourth-order valence-corrected chi connectivity index (χ4v) is 2.66. The minimum Gasteiger partial charge on any atom is -0.330 e. The Morgan fingerprint density at radius 2 is 2.20 bits per heavy atom. The lowest BCUT2D eigenvalue weighted by Gasteiger charge is -2.41. The van der Waals surface area contributed by atoms with Gasteiger partial charge in [-0.3, -0.25) is 0 Å². The minimum atomic E-state index is -0.0991. The first-order valence-corrected chi connectivity index (χ1v) is 6.48. The molecule has 0 spiro atoms. The third-order valence-electron chi connectivity index (χ3n) is 3.45. The molecule has 2 rings (SSSR count). The standard InChI is InChI=1S/C12H16FNS/c1-15-9-3-4-11(13)10(7-9)12(8-14)5-2-6-12/h3-4,7H,2,5-6,8,14H2,1H3. The van der Waals surface area contributed by atoms with E-state index in [1.165, 1.54) is 6.42 Å². The normalized spacial score (nSPS) is 18.6. The summed E-state index contributed by atoms with van der Waals surface area (Å²) in [6.07, 6.45) is 5.23. The van der Waals surface area contributed by atoms with Gasteiger partial charge in [0.25, 0.3) is 0 Å². The van der Waals surface area contributed by atoms with Crippen molar-refractivity contribution in [2.24, 2.45) is 5.73 Å². The van der Waals surface area contributed by atoms with Gasteiger partial charge in [0.15, 0.2) is 0 Å². The highest BCUT2D eigenvalue weighted by Gasteiger charge is 2.39. The van der Waals surface area contributed by atoms with Crippen molar-refractivity contribution in [2.75, 3.05) is 12.8 Å². The van der Waals surface area contributed by atoms with Gasteiger partial charge in [-0.1, -0.05) is 6.42 Å². The van der Waals surface area contributed by atoms with Gasteiger partial charge >= 0.3 is 0 Å². The minimum absolute atomic E-state index is 0.0736. The number of benzene rings is 1. The second kappa shape index (κ2) is 4.14. The molecule has 1 aromatic rings. The SMILES string of the molecule is CSc1ccc(F)c(C2(CN)CCC2)c1. The van der Waals surface area contributed by atoms with Crippen molar-refractivity contribution in [3.63, 3.8) is 0 Å². The van der Waals surface area contributed by atoms with Gasteiger partial charge in [-0.15, -0.1) is 11.8 Å². The molecule has 1 saturated carbocycles. The molecule has 15 heavy (non-hydrogen) atoms. The summed E-state index contributed by atoms with van der Waals surface area (Å²) >= 11 is 1.65. The highest BCUT2D eigenvalue weighted by Crippen LogP contribution is 2.44. The average molecular weight is 225 g/mol. The molecular formula is C12H16FNS. The Hall–Kier alpha value is -0.540. The predicted molar refractivity (Wildman–Crippen MR) is 62.8 cm³/mol. The summed E-state index contributed by atoms with van der Waals surface area (Å²) in [5, 5.41) is 0. The first-order chi connectivity index (χ1) is 7.22. The van der Waals surface area contributed by atoms with E-state index in [4.69, 9.17) is 5.73 Å². The Balaban J connectivity index is 2.41. The Bertz CT molecular complexity index is 355. The van der Waals surface area contributed by atoms with Crippen molar-refractivity contribution in [3.05, 3.63) is 29.6 Å². The molecule has 3 heteroatoms. The van der Waals surface area contributed by atoms with Crippen LogP contribution in [0.5, 0.6) is 0 Å². The number of rotatable bonds is 3. The van der Waals surface area contributed by atoms with Gasteiger partial charge in [-0.2, -0.15) is 0 Å². The maximum Gasteiger partial charge on any atom is 0.127 e. The van der Waals surface area contributed by atoms with Crippen LogP contribution in [-0.4, -0.2) is 12.8 Å². The van der Waals surface area contributed by atoms with Crippen LogP contribution < -0.4 is 5.73 Å². The van der Waals surface area contributed by atoms with Crippen molar-refractivity contribution in [1.29, 1.82) is 0 Å². The lowest BCUT2D eigenvalue weighted by Crippen LogP contribution is -2.42. The van der Waals surface area contributed by atoms with E-state index in [-0.39, 0.29) is 11.2 Å². The van der Waals surface area contributed by atoms with Gasteiger partial charge in [0.2, 0.25) is 0 Å². The zero-order valence-corrected chi connectivity index (χ0v) is 9.74. The van der Waals surface area contributed by atoms with E-state index in [9.17, 15) is 4.39 Å². The topological polar surface area (TPSA) is 26.0 Å². The first-order valence-electron chi connectivity index (χ1n) is 5.26. The monoisotopic (exact) mass is 225 g/mol.